The number of nitrogens with zero attached hydrogens (tertiary/aromatic N) is 1. The Labute approximate surface area is 104 Å². The van der Waals surface area contributed by atoms with Gasteiger partial charge in [0.1, 0.15) is 11.6 Å². The number of carbonyl (C=O) groups excluding carboxylic acids is 2. The van der Waals surface area contributed by atoms with Crippen LogP contribution in [0.3, 0.4) is 0 Å². The Morgan fingerprint density at radius 2 is 2.00 bits per heavy atom. The number of piperazine rings is 1. The maximum absolute atomic E-state index is 12.2. The Morgan fingerprint density at radius 3 is 2.47 bits per heavy atom. The van der Waals surface area contributed by atoms with Crippen LogP contribution in [0.4, 0.5) is 0 Å². The van der Waals surface area contributed by atoms with Gasteiger partial charge in [-0.15, -0.1) is 0 Å². The molecule has 3 unspecified atom stereocenters. The molecule has 0 saturated carbocycles. The average Bonchev–Trinajstić information content (AvgIpc) is 2.20. The molecule has 98 valence electrons. The smallest absolute Gasteiger partial charge is 0.248 e. The SMILES string of the molecule is CC1C(=O)NC(C)(C)C(=O)N1CC(C)S(C)=O. The van der Waals surface area contributed by atoms with Crippen molar-refractivity contribution in [3.63, 3.8) is 0 Å². The second-order valence-corrected chi connectivity index (χ2v) is 6.86. The molecule has 0 bridgehead atoms. The summed E-state index contributed by atoms with van der Waals surface area (Å²) >= 11 is 0. The minimum Gasteiger partial charge on any atom is -0.340 e. The number of nitrogens with one attached hydrogen (secondary N) is 1. The molecule has 0 radical (unpaired) electrons. The molecule has 0 spiro atoms. The minimum atomic E-state index is -1.00. The number of rotatable bonds is 3. The minimum absolute atomic E-state index is 0.123. The predicted molar refractivity (Wildman–Crippen MR) is 66.9 cm³/mol. The maximum Gasteiger partial charge on any atom is 0.248 e. The molecule has 0 aromatic carbocycles. The van der Waals surface area contributed by atoms with E-state index in [1.165, 1.54) is 4.90 Å². The van der Waals surface area contributed by atoms with Crippen molar-refractivity contribution in [1.29, 1.82) is 0 Å². The first-order valence-electron chi connectivity index (χ1n) is 5.62. The summed E-state index contributed by atoms with van der Waals surface area (Å²) in [6, 6.07) is -0.499. The summed E-state index contributed by atoms with van der Waals surface area (Å²) in [6.07, 6.45) is 1.61. The number of carbonyl (C=O) groups is 2. The molecule has 1 fully saturated rings. The van der Waals surface area contributed by atoms with Gasteiger partial charge in [-0.1, -0.05) is 0 Å². The Balaban J connectivity index is 2.91. The van der Waals surface area contributed by atoms with Crippen molar-refractivity contribution in [1.82, 2.24) is 10.2 Å². The highest BCUT2D eigenvalue weighted by Crippen LogP contribution is 2.18. The van der Waals surface area contributed by atoms with Crippen molar-refractivity contribution in [2.45, 2.75) is 44.5 Å². The van der Waals surface area contributed by atoms with Crippen molar-refractivity contribution in [3.8, 4) is 0 Å². The fraction of sp³-hybridized carbons (Fsp3) is 0.818. The van der Waals surface area contributed by atoms with Gasteiger partial charge in [-0.3, -0.25) is 13.8 Å². The van der Waals surface area contributed by atoms with Gasteiger partial charge in [0.25, 0.3) is 0 Å². The van der Waals surface area contributed by atoms with E-state index in [0.29, 0.717) is 6.54 Å². The van der Waals surface area contributed by atoms with Gasteiger partial charge in [0.15, 0.2) is 0 Å². The Bertz CT molecular complexity index is 368. The predicted octanol–water partition coefficient (Wildman–Crippen LogP) is -0.121. The Morgan fingerprint density at radius 1 is 1.47 bits per heavy atom. The molecule has 2 amide bonds. The number of hydrogen-bond acceptors (Lipinski definition) is 3. The van der Waals surface area contributed by atoms with Crippen LogP contribution < -0.4 is 5.32 Å². The second-order valence-electron chi connectivity index (χ2n) is 5.06. The van der Waals surface area contributed by atoms with E-state index in [-0.39, 0.29) is 17.1 Å². The molecule has 1 heterocycles. The molecule has 1 rings (SSSR count). The van der Waals surface area contributed by atoms with Crippen LogP contribution in [0.15, 0.2) is 0 Å². The molecule has 1 N–H and O–H groups in total. The molecule has 1 aliphatic rings. The lowest BCUT2D eigenvalue weighted by molar-refractivity contribution is -0.152. The molecule has 0 aliphatic carbocycles. The zero-order valence-electron chi connectivity index (χ0n) is 10.9. The van der Waals surface area contributed by atoms with Gasteiger partial charge < -0.3 is 10.2 Å². The standard InChI is InChI=1S/C11H20N2O3S/c1-7(17(5)16)6-13-8(2)9(14)12-11(3,4)10(13)15/h7-8H,6H2,1-5H3,(H,12,14). The summed E-state index contributed by atoms with van der Waals surface area (Å²) < 4.78 is 11.3. The van der Waals surface area contributed by atoms with Crippen LogP contribution in [-0.2, 0) is 20.4 Å². The first kappa shape index (κ1) is 14.2. The lowest BCUT2D eigenvalue weighted by atomic mass is 9.97. The monoisotopic (exact) mass is 260 g/mol. The van der Waals surface area contributed by atoms with Crippen LogP contribution in [0.1, 0.15) is 27.7 Å². The molecule has 1 saturated heterocycles. The van der Waals surface area contributed by atoms with Crippen LogP contribution in [0.25, 0.3) is 0 Å². The highest BCUT2D eigenvalue weighted by atomic mass is 32.2. The average molecular weight is 260 g/mol. The van der Waals surface area contributed by atoms with E-state index < -0.39 is 22.4 Å². The van der Waals surface area contributed by atoms with Gasteiger partial charge in [-0.25, -0.2) is 0 Å². The van der Waals surface area contributed by atoms with Gasteiger partial charge in [-0.2, -0.15) is 0 Å². The second kappa shape index (κ2) is 4.76. The quantitative estimate of drug-likeness (QED) is 0.769. The van der Waals surface area contributed by atoms with Crippen LogP contribution in [0, 0.1) is 0 Å². The van der Waals surface area contributed by atoms with Crippen molar-refractivity contribution >= 4 is 22.6 Å². The van der Waals surface area contributed by atoms with E-state index in [2.05, 4.69) is 5.32 Å². The number of amides is 2. The van der Waals surface area contributed by atoms with E-state index >= 15 is 0 Å². The van der Waals surface area contributed by atoms with Crippen LogP contribution in [0.2, 0.25) is 0 Å². The zero-order chi connectivity index (χ0) is 13.4. The van der Waals surface area contributed by atoms with Gasteiger partial charge in [0.05, 0.1) is 0 Å². The highest BCUT2D eigenvalue weighted by molar-refractivity contribution is 7.84. The van der Waals surface area contributed by atoms with Crippen LogP contribution in [-0.4, -0.2) is 50.6 Å². The molecule has 0 aromatic rings. The molecule has 5 nitrogen and oxygen atoms in total. The summed E-state index contributed by atoms with van der Waals surface area (Å²) in [7, 11) is -1.00. The van der Waals surface area contributed by atoms with E-state index in [0.717, 1.165) is 0 Å². The topological polar surface area (TPSA) is 66.5 Å². The fourth-order valence-electron chi connectivity index (χ4n) is 1.77. The first-order valence-corrected chi connectivity index (χ1v) is 7.24. The molecule has 3 atom stereocenters. The van der Waals surface area contributed by atoms with E-state index in [4.69, 9.17) is 0 Å². The summed E-state index contributed by atoms with van der Waals surface area (Å²) in [5, 5.41) is 2.55. The van der Waals surface area contributed by atoms with Crippen LogP contribution >= 0.6 is 0 Å². The lowest BCUT2D eigenvalue weighted by Gasteiger charge is -2.42. The third-order valence-corrected chi connectivity index (χ3v) is 4.38. The third-order valence-electron chi connectivity index (χ3n) is 3.10. The molecule has 17 heavy (non-hydrogen) atoms. The largest absolute Gasteiger partial charge is 0.340 e. The number of hydrogen-bond donors (Lipinski definition) is 1. The molecular formula is C11H20N2O3S. The van der Waals surface area contributed by atoms with Crippen molar-refractivity contribution in [3.05, 3.63) is 0 Å². The normalized spacial score (nSPS) is 27.6. The first-order chi connectivity index (χ1) is 7.66. The lowest BCUT2D eigenvalue weighted by Crippen LogP contribution is -2.68. The van der Waals surface area contributed by atoms with Crippen LogP contribution in [0.5, 0.6) is 0 Å². The van der Waals surface area contributed by atoms with Crippen molar-refractivity contribution in [2.75, 3.05) is 12.8 Å². The fourth-order valence-corrected chi connectivity index (χ4v) is 2.14. The van der Waals surface area contributed by atoms with Gasteiger partial charge in [0.2, 0.25) is 11.8 Å². The summed E-state index contributed by atoms with van der Waals surface area (Å²) in [5.41, 5.74) is -0.876. The van der Waals surface area contributed by atoms with Gasteiger partial charge >= 0.3 is 0 Å². The van der Waals surface area contributed by atoms with Crippen molar-refractivity contribution in [2.24, 2.45) is 0 Å². The Kier molecular flexibility index (Phi) is 3.96. The zero-order valence-corrected chi connectivity index (χ0v) is 11.8. The molecule has 1 aliphatic heterocycles. The molecule has 0 aromatic heterocycles. The summed E-state index contributed by atoms with van der Waals surface area (Å²) in [5.74, 6) is -0.286. The van der Waals surface area contributed by atoms with Gasteiger partial charge in [-0.05, 0) is 27.7 Å². The van der Waals surface area contributed by atoms with E-state index in [1.807, 2.05) is 6.92 Å². The van der Waals surface area contributed by atoms with Crippen molar-refractivity contribution < 1.29 is 13.8 Å². The molecule has 6 heteroatoms. The Hall–Kier alpha value is -0.910. The molecular weight excluding hydrogens is 240 g/mol. The maximum atomic E-state index is 12.2. The third kappa shape index (κ3) is 2.86. The highest BCUT2D eigenvalue weighted by Gasteiger charge is 2.43. The summed E-state index contributed by atoms with van der Waals surface area (Å²) in [6.45, 7) is 7.21. The van der Waals surface area contributed by atoms with Gasteiger partial charge in [0, 0.05) is 28.9 Å². The van der Waals surface area contributed by atoms with E-state index in [1.54, 1.807) is 27.0 Å². The van der Waals surface area contributed by atoms with E-state index in [9.17, 15) is 13.8 Å². The summed E-state index contributed by atoms with van der Waals surface area (Å²) in [4.78, 5) is 25.4.